The fourth-order valence-electron chi connectivity index (χ4n) is 3.74. The van der Waals surface area contributed by atoms with Gasteiger partial charge in [0.2, 0.25) is 0 Å². The van der Waals surface area contributed by atoms with Crippen LogP contribution in [0.3, 0.4) is 0 Å². The third-order valence-corrected chi connectivity index (χ3v) is 4.83. The summed E-state index contributed by atoms with van der Waals surface area (Å²) in [5.74, 6) is -0.631. The van der Waals surface area contributed by atoms with Crippen LogP contribution in [-0.4, -0.2) is 34.1 Å². The standard InChI is InChI=1S/C18H27NO2/c1-3-12-18(17(20)21)13-7-14-19(18)15(2)10-11-16-8-5-4-6-9-16/h4-6,8-9,15H,3,7,10-14H2,1-2H3,(H,20,21). The number of carboxylic acid groups (broad SMARTS) is 1. The summed E-state index contributed by atoms with van der Waals surface area (Å²) in [4.78, 5) is 14.1. The van der Waals surface area contributed by atoms with Gasteiger partial charge in [0.15, 0.2) is 0 Å². The van der Waals surface area contributed by atoms with Crippen LogP contribution in [-0.2, 0) is 11.2 Å². The quantitative estimate of drug-likeness (QED) is 0.831. The maximum absolute atomic E-state index is 11.9. The van der Waals surface area contributed by atoms with Gasteiger partial charge < -0.3 is 5.11 Å². The fourth-order valence-corrected chi connectivity index (χ4v) is 3.74. The van der Waals surface area contributed by atoms with Crippen LogP contribution in [0.25, 0.3) is 0 Å². The van der Waals surface area contributed by atoms with Gasteiger partial charge in [-0.1, -0.05) is 43.7 Å². The largest absolute Gasteiger partial charge is 0.480 e. The Labute approximate surface area is 128 Å². The Morgan fingerprint density at radius 1 is 1.38 bits per heavy atom. The molecule has 0 aromatic heterocycles. The lowest BCUT2D eigenvalue weighted by Crippen LogP contribution is -2.54. The lowest BCUT2D eigenvalue weighted by Gasteiger charge is -2.39. The van der Waals surface area contributed by atoms with Crippen LogP contribution in [0.5, 0.6) is 0 Å². The van der Waals surface area contributed by atoms with Gasteiger partial charge in [-0.05, 0) is 51.1 Å². The second kappa shape index (κ2) is 7.08. The Morgan fingerprint density at radius 2 is 2.10 bits per heavy atom. The first-order valence-electron chi connectivity index (χ1n) is 8.14. The maximum atomic E-state index is 11.9. The van der Waals surface area contributed by atoms with Gasteiger partial charge in [-0.25, -0.2) is 0 Å². The lowest BCUT2D eigenvalue weighted by atomic mass is 9.89. The Hall–Kier alpha value is -1.35. The lowest BCUT2D eigenvalue weighted by molar-refractivity contribution is -0.151. The van der Waals surface area contributed by atoms with Crippen LogP contribution in [0.4, 0.5) is 0 Å². The minimum atomic E-state index is -0.631. The molecule has 1 N–H and O–H groups in total. The predicted molar refractivity (Wildman–Crippen MR) is 85.4 cm³/mol. The zero-order valence-electron chi connectivity index (χ0n) is 13.2. The number of aliphatic carboxylic acids is 1. The molecule has 1 saturated heterocycles. The summed E-state index contributed by atoms with van der Waals surface area (Å²) in [6, 6.07) is 10.8. The molecule has 0 radical (unpaired) electrons. The Morgan fingerprint density at radius 3 is 2.71 bits per heavy atom. The van der Waals surface area contributed by atoms with E-state index in [0.717, 1.165) is 45.1 Å². The summed E-state index contributed by atoms with van der Waals surface area (Å²) >= 11 is 0. The summed E-state index contributed by atoms with van der Waals surface area (Å²) in [5, 5.41) is 9.76. The molecule has 0 spiro atoms. The monoisotopic (exact) mass is 289 g/mol. The number of hydrogen-bond acceptors (Lipinski definition) is 2. The maximum Gasteiger partial charge on any atom is 0.324 e. The molecule has 116 valence electrons. The molecule has 0 amide bonds. The van der Waals surface area contributed by atoms with Crippen LogP contribution < -0.4 is 0 Å². The number of nitrogens with zero attached hydrogens (tertiary/aromatic N) is 1. The van der Waals surface area contributed by atoms with Gasteiger partial charge in [0.1, 0.15) is 5.54 Å². The molecule has 1 heterocycles. The highest BCUT2D eigenvalue weighted by Gasteiger charge is 2.48. The van der Waals surface area contributed by atoms with Crippen molar-refractivity contribution < 1.29 is 9.90 Å². The van der Waals surface area contributed by atoms with Crippen LogP contribution in [0.15, 0.2) is 30.3 Å². The zero-order valence-corrected chi connectivity index (χ0v) is 13.2. The molecule has 3 heteroatoms. The van der Waals surface area contributed by atoms with Gasteiger partial charge in [0.05, 0.1) is 0 Å². The highest BCUT2D eigenvalue weighted by Crippen LogP contribution is 2.36. The zero-order chi connectivity index (χ0) is 15.3. The molecule has 2 rings (SSSR count). The minimum absolute atomic E-state index is 0.315. The number of likely N-dealkylation sites (tertiary alicyclic amines) is 1. The summed E-state index contributed by atoms with van der Waals surface area (Å²) in [7, 11) is 0. The minimum Gasteiger partial charge on any atom is -0.480 e. The molecule has 2 atom stereocenters. The van der Waals surface area contributed by atoms with Crippen molar-refractivity contribution in [1.29, 1.82) is 0 Å². The molecule has 1 fully saturated rings. The number of carbonyl (C=O) groups is 1. The molecule has 21 heavy (non-hydrogen) atoms. The van der Waals surface area contributed by atoms with Crippen molar-refractivity contribution in [3.8, 4) is 0 Å². The molecule has 0 aliphatic carbocycles. The highest BCUT2D eigenvalue weighted by atomic mass is 16.4. The van der Waals surface area contributed by atoms with E-state index in [0.29, 0.717) is 6.04 Å². The Bertz CT molecular complexity index is 460. The molecule has 1 aliphatic heterocycles. The average molecular weight is 289 g/mol. The van der Waals surface area contributed by atoms with Gasteiger partial charge in [-0.15, -0.1) is 0 Å². The first kappa shape index (κ1) is 16.0. The van der Waals surface area contributed by atoms with Gasteiger partial charge >= 0.3 is 5.97 Å². The van der Waals surface area contributed by atoms with Gasteiger partial charge in [-0.3, -0.25) is 9.69 Å². The van der Waals surface area contributed by atoms with Crippen LogP contribution in [0, 0.1) is 0 Å². The highest BCUT2D eigenvalue weighted by molar-refractivity contribution is 5.79. The number of aryl methyl sites for hydroxylation is 1. The van der Waals surface area contributed by atoms with E-state index in [2.05, 4.69) is 43.0 Å². The van der Waals surface area contributed by atoms with Crippen LogP contribution in [0.1, 0.15) is 51.5 Å². The summed E-state index contributed by atoms with van der Waals surface area (Å²) in [5.41, 5.74) is 0.713. The molecular weight excluding hydrogens is 262 g/mol. The summed E-state index contributed by atoms with van der Waals surface area (Å²) in [6.45, 7) is 5.18. The second-order valence-corrected chi connectivity index (χ2v) is 6.26. The van der Waals surface area contributed by atoms with E-state index in [1.807, 2.05) is 6.07 Å². The fraction of sp³-hybridized carbons (Fsp3) is 0.611. The third-order valence-electron chi connectivity index (χ3n) is 4.83. The summed E-state index contributed by atoms with van der Waals surface area (Å²) in [6.07, 6.45) is 5.52. The number of carboxylic acids is 1. The molecule has 1 aromatic rings. The summed E-state index contributed by atoms with van der Waals surface area (Å²) < 4.78 is 0. The first-order chi connectivity index (χ1) is 10.1. The van der Waals surface area contributed by atoms with Crippen molar-refractivity contribution in [3.63, 3.8) is 0 Å². The van der Waals surface area contributed by atoms with Crippen molar-refractivity contribution in [3.05, 3.63) is 35.9 Å². The van der Waals surface area contributed by atoms with Crippen molar-refractivity contribution in [1.82, 2.24) is 4.90 Å². The Balaban J connectivity index is 2.03. The SMILES string of the molecule is CCCC1(C(=O)O)CCCN1C(C)CCc1ccccc1. The van der Waals surface area contributed by atoms with Gasteiger partial charge in [0, 0.05) is 6.04 Å². The van der Waals surface area contributed by atoms with Crippen molar-refractivity contribution in [2.75, 3.05) is 6.54 Å². The second-order valence-electron chi connectivity index (χ2n) is 6.26. The van der Waals surface area contributed by atoms with Crippen molar-refractivity contribution in [2.24, 2.45) is 0 Å². The van der Waals surface area contributed by atoms with E-state index in [4.69, 9.17) is 0 Å². The molecular formula is C18H27NO2. The molecule has 1 aliphatic rings. The van der Waals surface area contributed by atoms with E-state index < -0.39 is 11.5 Å². The smallest absolute Gasteiger partial charge is 0.324 e. The van der Waals surface area contributed by atoms with E-state index in [9.17, 15) is 9.90 Å². The molecule has 3 nitrogen and oxygen atoms in total. The molecule has 0 saturated carbocycles. The van der Waals surface area contributed by atoms with E-state index in [1.54, 1.807) is 0 Å². The predicted octanol–water partition coefficient (Wildman–Crippen LogP) is 3.73. The van der Waals surface area contributed by atoms with E-state index in [-0.39, 0.29) is 0 Å². The van der Waals surface area contributed by atoms with Crippen molar-refractivity contribution in [2.45, 2.75) is 64.0 Å². The topological polar surface area (TPSA) is 40.5 Å². The van der Waals surface area contributed by atoms with E-state index >= 15 is 0 Å². The first-order valence-corrected chi connectivity index (χ1v) is 8.14. The molecule has 1 aromatic carbocycles. The number of hydrogen-bond donors (Lipinski definition) is 1. The van der Waals surface area contributed by atoms with Gasteiger partial charge in [0.25, 0.3) is 0 Å². The molecule has 2 unspecified atom stereocenters. The normalized spacial score (nSPS) is 24.1. The van der Waals surface area contributed by atoms with Crippen LogP contribution in [0.2, 0.25) is 0 Å². The number of rotatable bonds is 7. The number of benzene rings is 1. The average Bonchev–Trinajstić information content (AvgIpc) is 2.91. The van der Waals surface area contributed by atoms with E-state index in [1.165, 1.54) is 5.56 Å². The Kier molecular flexibility index (Phi) is 5.40. The van der Waals surface area contributed by atoms with Gasteiger partial charge in [-0.2, -0.15) is 0 Å². The van der Waals surface area contributed by atoms with Crippen LogP contribution >= 0.6 is 0 Å². The third kappa shape index (κ3) is 3.46. The molecule has 0 bridgehead atoms. The van der Waals surface area contributed by atoms with Crippen molar-refractivity contribution >= 4 is 5.97 Å².